The predicted octanol–water partition coefficient (Wildman–Crippen LogP) is 2.58. The van der Waals surface area contributed by atoms with E-state index in [0.29, 0.717) is 19.3 Å². The van der Waals surface area contributed by atoms with Crippen LogP contribution >= 0.6 is 0 Å². The topological polar surface area (TPSA) is 92.3 Å². The van der Waals surface area contributed by atoms with Crippen LogP contribution in [0.25, 0.3) is 0 Å². The lowest BCUT2D eigenvalue weighted by atomic mass is 9.88. The van der Waals surface area contributed by atoms with E-state index in [4.69, 9.17) is 0 Å². The third-order valence-corrected chi connectivity index (χ3v) is 4.40. The van der Waals surface area contributed by atoms with E-state index in [1.165, 1.54) is 7.05 Å². The molecule has 0 heterocycles. The number of carbonyl (C=O) groups excluding carboxylic acids is 4. The molecule has 26 heavy (non-hydrogen) atoms. The summed E-state index contributed by atoms with van der Waals surface area (Å²) in [5, 5.41) is 5.41. The van der Waals surface area contributed by atoms with Crippen molar-refractivity contribution < 1.29 is 19.2 Å². The Bertz CT molecular complexity index is 481. The first kappa shape index (κ1) is 24.4. The Balaban J connectivity index is 3.98. The Morgan fingerprint density at radius 3 is 2.00 bits per heavy atom. The highest BCUT2D eigenvalue weighted by molar-refractivity contribution is 5.90. The van der Waals surface area contributed by atoms with Gasteiger partial charge < -0.3 is 10.6 Å². The Hall–Kier alpha value is -1.56. The first-order valence-corrected chi connectivity index (χ1v) is 9.63. The van der Waals surface area contributed by atoms with Gasteiger partial charge in [0.1, 0.15) is 17.3 Å². The van der Waals surface area contributed by atoms with Gasteiger partial charge in [0.15, 0.2) is 0 Å². The first-order chi connectivity index (χ1) is 12.1. The Morgan fingerprint density at radius 2 is 1.50 bits per heavy atom. The molecule has 0 aromatic rings. The Morgan fingerprint density at radius 1 is 0.923 bits per heavy atom. The van der Waals surface area contributed by atoms with Crippen molar-refractivity contribution in [1.29, 1.82) is 0 Å². The molecule has 0 rings (SSSR count). The van der Waals surface area contributed by atoms with Crippen LogP contribution in [-0.4, -0.2) is 42.9 Å². The molecule has 0 aliphatic rings. The third kappa shape index (κ3) is 11.1. The van der Waals surface area contributed by atoms with Gasteiger partial charge in [-0.05, 0) is 12.8 Å². The summed E-state index contributed by atoms with van der Waals surface area (Å²) < 4.78 is 0. The fraction of sp³-hybridized carbons (Fsp3) is 0.800. The van der Waals surface area contributed by atoms with Crippen molar-refractivity contribution in [3.8, 4) is 0 Å². The highest BCUT2D eigenvalue weighted by atomic mass is 16.2. The van der Waals surface area contributed by atoms with E-state index in [-0.39, 0.29) is 41.6 Å². The molecule has 0 fully saturated rings. The molecule has 0 spiro atoms. The molecule has 0 aliphatic carbocycles. The lowest BCUT2D eigenvalue weighted by molar-refractivity contribution is -0.127. The third-order valence-electron chi connectivity index (χ3n) is 4.40. The molecule has 150 valence electrons. The second-order valence-electron chi connectivity index (χ2n) is 7.76. The summed E-state index contributed by atoms with van der Waals surface area (Å²) in [6.07, 6.45) is 4.93. The monoisotopic (exact) mass is 368 g/mol. The summed E-state index contributed by atoms with van der Waals surface area (Å²) in [5.74, 6) is 0.0357. The van der Waals surface area contributed by atoms with Gasteiger partial charge in [-0.25, -0.2) is 0 Å². The molecule has 0 radical (unpaired) electrons. The van der Waals surface area contributed by atoms with Crippen molar-refractivity contribution in [2.45, 2.75) is 85.1 Å². The average molecular weight is 369 g/mol. The van der Waals surface area contributed by atoms with Crippen molar-refractivity contribution in [1.82, 2.24) is 10.6 Å². The number of Topliss-reactive ketones (excluding diaryl/α,β-unsaturated/α-hetero) is 3. The van der Waals surface area contributed by atoms with Crippen molar-refractivity contribution in [3.05, 3.63) is 0 Å². The number of hydrogen-bond donors (Lipinski definition) is 2. The zero-order valence-electron chi connectivity index (χ0n) is 17.1. The lowest BCUT2D eigenvalue weighted by Gasteiger charge is -2.16. The molecule has 0 aliphatic heterocycles. The van der Waals surface area contributed by atoms with Crippen molar-refractivity contribution in [2.24, 2.45) is 5.41 Å². The number of ketones is 3. The second kappa shape index (κ2) is 12.7. The predicted molar refractivity (Wildman–Crippen MR) is 103 cm³/mol. The van der Waals surface area contributed by atoms with Gasteiger partial charge in [0.2, 0.25) is 5.91 Å². The molecule has 0 saturated carbocycles. The maximum absolute atomic E-state index is 12.0. The molecule has 2 N–H and O–H groups in total. The Kier molecular flexibility index (Phi) is 12.0. The summed E-state index contributed by atoms with van der Waals surface area (Å²) in [4.78, 5) is 47.1. The molecular weight excluding hydrogens is 332 g/mol. The summed E-state index contributed by atoms with van der Waals surface area (Å²) in [6.45, 7) is 7.65. The van der Waals surface area contributed by atoms with Crippen LogP contribution in [0.15, 0.2) is 0 Å². The second-order valence-corrected chi connectivity index (χ2v) is 7.76. The highest BCUT2D eigenvalue weighted by Crippen LogP contribution is 2.19. The van der Waals surface area contributed by atoms with E-state index >= 15 is 0 Å². The summed E-state index contributed by atoms with van der Waals surface area (Å²) in [6, 6.07) is -0.604. The van der Waals surface area contributed by atoms with Crippen LogP contribution in [0.3, 0.4) is 0 Å². The van der Waals surface area contributed by atoms with Gasteiger partial charge in [-0.2, -0.15) is 0 Å². The van der Waals surface area contributed by atoms with Gasteiger partial charge in [0.25, 0.3) is 0 Å². The standard InChI is InChI=1S/C20H36N2O4/c1-6-17(24)16(13-19(26)21-5)22-14-15(23)11-9-7-8-10-12-18(25)20(2,3)4/h16,22H,6-14H2,1-5H3,(H,21,26)/t16-/m0/s1. The zero-order valence-corrected chi connectivity index (χ0v) is 17.1. The molecule has 1 atom stereocenters. The molecular formula is C20H36N2O4. The SMILES string of the molecule is CCC(=O)[C@H](CC(=O)NC)NCC(=O)CCCCCCC(=O)C(C)(C)C. The molecule has 0 unspecified atom stereocenters. The van der Waals surface area contributed by atoms with E-state index in [9.17, 15) is 19.2 Å². The summed E-state index contributed by atoms with van der Waals surface area (Å²) >= 11 is 0. The van der Waals surface area contributed by atoms with Crippen molar-refractivity contribution >= 4 is 23.3 Å². The van der Waals surface area contributed by atoms with Crippen LogP contribution in [0.5, 0.6) is 0 Å². The smallest absolute Gasteiger partial charge is 0.221 e. The minimum Gasteiger partial charge on any atom is -0.359 e. The molecule has 0 aromatic carbocycles. The molecule has 6 nitrogen and oxygen atoms in total. The van der Waals surface area contributed by atoms with Crippen LogP contribution in [0.2, 0.25) is 0 Å². The van der Waals surface area contributed by atoms with Crippen LogP contribution < -0.4 is 10.6 Å². The molecule has 6 heteroatoms. The normalized spacial score (nSPS) is 12.5. The van der Waals surface area contributed by atoms with Crippen molar-refractivity contribution in [3.63, 3.8) is 0 Å². The maximum atomic E-state index is 12.0. The van der Waals surface area contributed by atoms with Gasteiger partial charge in [-0.3, -0.25) is 19.2 Å². The van der Waals surface area contributed by atoms with Gasteiger partial charge in [-0.1, -0.05) is 40.5 Å². The number of rotatable bonds is 14. The largest absolute Gasteiger partial charge is 0.359 e. The van der Waals surface area contributed by atoms with Gasteiger partial charge in [0.05, 0.1) is 12.6 Å². The van der Waals surface area contributed by atoms with Crippen LogP contribution in [0.4, 0.5) is 0 Å². The van der Waals surface area contributed by atoms with Crippen LogP contribution in [-0.2, 0) is 19.2 Å². The maximum Gasteiger partial charge on any atom is 0.221 e. The molecule has 0 aromatic heterocycles. The molecule has 1 amide bonds. The molecule has 0 bridgehead atoms. The van der Waals surface area contributed by atoms with Crippen LogP contribution in [0, 0.1) is 5.41 Å². The van der Waals surface area contributed by atoms with E-state index < -0.39 is 6.04 Å². The average Bonchev–Trinajstić information content (AvgIpc) is 2.59. The number of nitrogens with one attached hydrogen (secondary N) is 2. The number of hydrogen-bond acceptors (Lipinski definition) is 5. The Labute approximate surface area is 157 Å². The minimum absolute atomic E-state index is 0.0431. The van der Waals surface area contributed by atoms with E-state index in [1.807, 2.05) is 20.8 Å². The highest BCUT2D eigenvalue weighted by Gasteiger charge is 2.21. The van der Waals surface area contributed by atoms with Crippen molar-refractivity contribution in [2.75, 3.05) is 13.6 Å². The fourth-order valence-electron chi connectivity index (χ4n) is 2.50. The minimum atomic E-state index is -0.604. The zero-order chi connectivity index (χ0) is 20.2. The van der Waals surface area contributed by atoms with Gasteiger partial charge >= 0.3 is 0 Å². The summed E-state index contributed by atoms with van der Waals surface area (Å²) in [5.41, 5.74) is -0.275. The number of unbranched alkanes of at least 4 members (excludes halogenated alkanes) is 3. The van der Waals surface area contributed by atoms with Gasteiger partial charge in [0, 0.05) is 38.1 Å². The summed E-state index contributed by atoms with van der Waals surface area (Å²) in [7, 11) is 1.52. The van der Waals surface area contributed by atoms with Gasteiger partial charge in [-0.15, -0.1) is 0 Å². The first-order valence-electron chi connectivity index (χ1n) is 9.63. The number of carbonyl (C=O) groups is 4. The fourth-order valence-corrected chi connectivity index (χ4v) is 2.50. The van der Waals surface area contributed by atoms with E-state index in [1.54, 1.807) is 6.92 Å². The van der Waals surface area contributed by atoms with Crippen LogP contribution in [0.1, 0.15) is 79.1 Å². The lowest BCUT2D eigenvalue weighted by Crippen LogP contribution is -2.42. The molecule has 0 saturated heterocycles. The number of amides is 1. The van der Waals surface area contributed by atoms with E-state index in [2.05, 4.69) is 10.6 Å². The van der Waals surface area contributed by atoms with E-state index in [0.717, 1.165) is 25.7 Å². The quantitative estimate of drug-likeness (QED) is 0.460.